The van der Waals surface area contributed by atoms with Gasteiger partial charge in [0.1, 0.15) is 4.21 Å². The molecule has 0 aliphatic carbocycles. The second kappa shape index (κ2) is 7.20. The van der Waals surface area contributed by atoms with Crippen molar-refractivity contribution in [3.8, 4) is 0 Å². The van der Waals surface area contributed by atoms with Crippen LogP contribution < -0.4 is 11.1 Å². The molecule has 2 rings (SSSR count). The van der Waals surface area contributed by atoms with Crippen LogP contribution in [0.25, 0.3) is 0 Å². The lowest BCUT2D eigenvalue weighted by atomic mass is 10.3. The lowest BCUT2D eigenvalue weighted by molar-refractivity contribution is -0.122. The first-order valence-electron chi connectivity index (χ1n) is 7.18. The molecule has 1 aromatic heterocycles. The molecule has 0 aromatic carbocycles. The fourth-order valence-electron chi connectivity index (χ4n) is 2.17. The van der Waals surface area contributed by atoms with E-state index in [1.807, 2.05) is 0 Å². The van der Waals surface area contributed by atoms with Gasteiger partial charge in [0.05, 0.1) is 19.5 Å². The third-order valence-corrected chi connectivity index (χ3v) is 6.93. The molecule has 0 atom stereocenters. The van der Waals surface area contributed by atoms with Gasteiger partial charge in [-0.2, -0.15) is 4.31 Å². The molecule has 1 saturated heterocycles. The van der Waals surface area contributed by atoms with Gasteiger partial charge in [0.2, 0.25) is 5.91 Å². The number of nitrogens with two attached hydrogens (primary N) is 1. The Labute approximate surface area is 137 Å². The van der Waals surface area contributed by atoms with Crippen LogP contribution in [-0.4, -0.2) is 50.7 Å². The monoisotopic (exact) mass is 367 g/mol. The molecule has 6 nitrogen and oxygen atoms in total. The molecule has 1 amide bonds. The predicted octanol–water partition coefficient (Wildman–Crippen LogP) is 0.785. The van der Waals surface area contributed by atoms with E-state index in [0.29, 0.717) is 18.0 Å². The fourth-order valence-corrected chi connectivity index (χ4v) is 5.19. The molecule has 0 radical (unpaired) electrons. The van der Waals surface area contributed by atoms with E-state index in [9.17, 15) is 22.0 Å². The molecule has 23 heavy (non-hydrogen) atoms. The van der Waals surface area contributed by atoms with Crippen molar-refractivity contribution in [1.82, 2.24) is 9.62 Å². The first-order chi connectivity index (χ1) is 10.7. The zero-order chi connectivity index (χ0) is 17.1. The average Bonchev–Trinajstić information content (AvgIpc) is 3.17. The smallest absolute Gasteiger partial charge is 0.277 e. The van der Waals surface area contributed by atoms with E-state index in [1.54, 1.807) is 0 Å². The molecule has 1 aliphatic rings. The van der Waals surface area contributed by atoms with Crippen molar-refractivity contribution in [2.75, 3.05) is 26.2 Å². The van der Waals surface area contributed by atoms with E-state index < -0.39 is 34.9 Å². The first kappa shape index (κ1) is 18.2. The molecule has 10 heteroatoms. The standard InChI is InChI=1S/C13H19F2N3O3S2/c14-13(15,8-16)9-17-11(19)7-10-3-4-12(22-10)23(20,21)18-5-1-2-6-18/h3-4H,1-2,5-9,16H2,(H,17,19). The number of hydrogen-bond acceptors (Lipinski definition) is 5. The highest BCUT2D eigenvalue weighted by Gasteiger charge is 2.29. The summed E-state index contributed by atoms with van der Waals surface area (Å²) in [6.45, 7) is -0.661. The first-order valence-corrected chi connectivity index (χ1v) is 9.44. The van der Waals surface area contributed by atoms with Gasteiger partial charge in [-0.3, -0.25) is 4.79 Å². The molecule has 0 spiro atoms. The lowest BCUT2D eigenvalue weighted by Crippen LogP contribution is -2.41. The van der Waals surface area contributed by atoms with Crippen LogP contribution in [0.4, 0.5) is 8.78 Å². The average molecular weight is 367 g/mol. The van der Waals surface area contributed by atoms with Crippen molar-refractivity contribution in [2.45, 2.75) is 29.4 Å². The van der Waals surface area contributed by atoms with Crippen LogP contribution in [0.5, 0.6) is 0 Å². The second-order valence-electron chi connectivity index (χ2n) is 5.35. The minimum atomic E-state index is -3.51. The zero-order valence-corrected chi connectivity index (χ0v) is 14.1. The predicted molar refractivity (Wildman–Crippen MR) is 83.0 cm³/mol. The number of hydrogen-bond donors (Lipinski definition) is 2. The third kappa shape index (κ3) is 4.69. The molecule has 0 unspecified atom stereocenters. The van der Waals surface area contributed by atoms with Gasteiger partial charge in [0.15, 0.2) is 0 Å². The van der Waals surface area contributed by atoms with Crippen LogP contribution in [0.2, 0.25) is 0 Å². The summed E-state index contributed by atoms with van der Waals surface area (Å²) in [5.41, 5.74) is 4.89. The van der Waals surface area contributed by atoms with E-state index >= 15 is 0 Å². The van der Waals surface area contributed by atoms with Crippen LogP contribution >= 0.6 is 11.3 Å². The molecule has 1 fully saturated rings. The maximum atomic E-state index is 13.0. The molecular weight excluding hydrogens is 348 g/mol. The molecule has 3 N–H and O–H groups in total. The minimum Gasteiger partial charge on any atom is -0.350 e. The van der Waals surface area contributed by atoms with Gasteiger partial charge in [-0.15, -0.1) is 11.3 Å². The number of carbonyl (C=O) groups excluding carboxylic acids is 1. The number of nitrogens with one attached hydrogen (secondary N) is 1. The SMILES string of the molecule is NCC(F)(F)CNC(=O)Cc1ccc(S(=O)(=O)N2CCCC2)s1. The van der Waals surface area contributed by atoms with E-state index in [-0.39, 0.29) is 10.6 Å². The van der Waals surface area contributed by atoms with Crippen molar-refractivity contribution in [2.24, 2.45) is 5.73 Å². The molecule has 130 valence electrons. The summed E-state index contributed by atoms with van der Waals surface area (Å²) in [6.07, 6.45) is 1.55. The highest BCUT2D eigenvalue weighted by Crippen LogP contribution is 2.27. The molecule has 0 bridgehead atoms. The Balaban J connectivity index is 1.95. The highest BCUT2D eigenvalue weighted by atomic mass is 32.2. The number of alkyl halides is 2. The highest BCUT2D eigenvalue weighted by molar-refractivity contribution is 7.91. The van der Waals surface area contributed by atoms with Crippen molar-refractivity contribution < 1.29 is 22.0 Å². The van der Waals surface area contributed by atoms with Gasteiger partial charge in [-0.1, -0.05) is 0 Å². The number of rotatable bonds is 7. The summed E-state index contributed by atoms with van der Waals surface area (Å²) in [7, 11) is -3.51. The fraction of sp³-hybridized carbons (Fsp3) is 0.615. The summed E-state index contributed by atoms with van der Waals surface area (Å²) < 4.78 is 52.2. The summed E-state index contributed by atoms with van der Waals surface area (Å²) >= 11 is 0.991. The van der Waals surface area contributed by atoms with E-state index in [1.165, 1.54) is 16.4 Å². The Hall–Kier alpha value is -1.10. The van der Waals surface area contributed by atoms with Crippen molar-refractivity contribution in [1.29, 1.82) is 0 Å². The van der Waals surface area contributed by atoms with E-state index in [4.69, 9.17) is 5.73 Å². The van der Waals surface area contributed by atoms with Crippen molar-refractivity contribution in [3.05, 3.63) is 17.0 Å². The number of carbonyl (C=O) groups is 1. The maximum absolute atomic E-state index is 13.0. The van der Waals surface area contributed by atoms with Gasteiger partial charge >= 0.3 is 0 Å². The molecule has 0 saturated carbocycles. The van der Waals surface area contributed by atoms with Crippen LogP contribution in [0.3, 0.4) is 0 Å². The molecular formula is C13H19F2N3O3S2. The maximum Gasteiger partial charge on any atom is 0.277 e. The molecule has 1 aliphatic heterocycles. The number of thiophene rings is 1. The number of amides is 1. The summed E-state index contributed by atoms with van der Waals surface area (Å²) in [5.74, 6) is -3.74. The second-order valence-corrected chi connectivity index (χ2v) is 8.68. The topological polar surface area (TPSA) is 92.5 Å². The minimum absolute atomic E-state index is 0.138. The Kier molecular flexibility index (Phi) is 5.71. The Morgan fingerprint density at radius 2 is 2.00 bits per heavy atom. The van der Waals surface area contributed by atoms with Crippen molar-refractivity contribution >= 4 is 27.3 Å². The normalized spacial score (nSPS) is 16.7. The van der Waals surface area contributed by atoms with Gasteiger partial charge < -0.3 is 11.1 Å². The van der Waals surface area contributed by atoms with Crippen molar-refractivity contribution in [3.63, 3.8) is 0 Å². The summed E-state index contributed by atoms with van der Waals surface area (Å²) in [5, 5.41) is 2.10. The summed E-state index contributed by atoms with van der Waals surface area (Å²) in [4.78, 5) is 12.2. The van der Waals surface area contributed by atoms with Crippen LogP contribution in [-0.2, 0) is 21.2 Å². The van der Waals surface area contributed by atoms with Crippen LogP contribution in [0.1, 0.15) is 17.7 Å². The zero-order valence-electron chi connectivity index (χ0n) is 12.4. The lowest BCUT2D eigenvalue weighted by Gasteiger charge is -2.14. The van der Waals surface area contributed by atoms with Crippen LogP contribution in [0, 0.1) is 0 Å². The molecule has 2 heterocycles. The van der Waals surface area contributed by atoms with Crippen LogP contribution in [0.15, 0.2) is 16.3 Å². The third-order valence-electron chi connectivity index (χ3n) is 3.47. The quantitative estimate of drug-likeness (QED) is 0.745. The largest absolute Gasteiger partial charge is 0.350 e. The molecule has 1 aromatic rings. The Bertz CT molecular complexity index is 655. The van der Waals surface area contributed by atoms with Gasteiger partial charge in [0.25, 0.3) is 15.9 Å². The van der Waals surface area contributed by atoms with E-state index in [0.717, 1.165) is 24.2 Å². The number of sulfonamides is 1. The number of halogens is 2. The number of nitrogens with zero attached hydrogens (tertiary/aromatic N) is 1. The van der Waals surface area contributed by atoms with Gasteiger partial charge in [0, 0.05) is 18.0 Å². The summed E-state index contributed by atoms with van der Waals surface area (Å²) in [6, 6.07) is 2.99. The Morgan fingerprint density at radius 1 is 1.35 bits per heavy atom. The van der Waals surface area contributed by atoms with Gasteiger partial charge in [-0.25, -0.2) is 17.2 Å². The van der Waals surface area contributed by atoms with Gasteiger partial charge in [-0.05, 0) is 25.0 Å². The van der Waals surface area contributed by atoms with E-state index in [2.05, 4.69) is 5.32 Å². The Morgan fingerprint density at radius 3 is 2.61 bits per heavy atom.